The van der Waals surface area contributed by atoms with Gasteiger partial charge in [-0.3, -0.25) is 4.79 Å². The zero-order chi connectivity index (χ0) is 13.9. The molecule has 7 heteroatoms. The third kappa shape index (κ3) is 2.33. The maximum atomic E-state index is 12.1. The van der Waals surface area contributed by atoms with Crippen molar-refractivity contribution in [3.8, 4) is 11.5 Å². The molecule has 7 nitrogen and oxygen atoms in total. The first-order valence-corrected chi connectivity index (χ1v) is 5.98. The minimum absolute atomic E-state index is 0.138. The van der Waals surface area contributed by atoms with E-state index in [2.05, 4.69) is 15.5 Å². The van der Waals surface area contributed by atoms with Crippen molar-refractivity contribution >= 4 is 11.6 Å². The van der Waals surface area contributed by atoms with Gasteiger partial charge in [-0.1, -0.05) is 0 Å². The number of nitrogens with zero attached hydrogens (tertiary/aromatic N) is 2. The van der Waals surface area contributed by atoms with Crippen LogP contribution in [0.5, 0.6) is 11.5 Å². The molecule has 0 bridgehead atoms. The lowest BCUT2D eigenvalue weighted by Gasteiger charge is -2.08. The fraction of sp³-hybridized carbons (Fsp3) is 0.154. The van der Waals surface area contributed by atoms with Crippen LogP contribution in [0.2, 0.25) is 0 Å². The van der Waals surface area contributed by atoms with E-state index in [1.54, 1.807) is 30.5 Å². The molecule has 0 saturated carbocycles. The molecule has 1 aliphatic heterocycles. The van der Waals surface area contributed by atoms with Crippen molar-refractivity contribution in [2.75, 3.05) is 12.5 Å². The van der Waals surface area contributed by atoms with Gasteiger partial charge in [-0.25, -0.2) is 0 Å². The molecule has 3 N–H and O–H groups in total. The van der Waals surface area contributed by atoms with E-state index in [-0.39, 0.29) is 19.2 Å². The summed E-state index contributed by atoms with van der Waals surface area (Å²) in [6.07, 6.45) is 1.57. The van der Waals surface area contributed by atoms with E-state index in [4.69, 9.17) is 15.2 Å². The SMILES string of the molecule is Nc1cc2c(cc1C(=O)NCc1cccnn1)OCO2. The van der Waals surface area contributed by atoms with E-state index in [1.807, 2.05) is 0 Å². The van der Waals surface area contributed by atoms with Gasteiger partial charge in [0, 0.05) is 18.0 Å². The van der Waals surface area contributed by atoms with Gasteiger partial charge in [0.25, 0.3) is 5.91 Å². The summed E-state index contributed by atoms with van der Waals surface area (Å²) in [7, 11) is 0. The molecule has 3 rings (SSSR count). The minimum atomic E-state index is -0.300. The zero-order valence-corrected chi connectivity index (χ0v) is 10.5. The lowest BCUT2D eigenvalue weighted by molar-refractivity contribution is 0.0950. The summed E-state index contributed by atoms with van der Waals surface area (Å²) >= 11 is 0. The van der Waals surface area contributed by atoms with Crippen LogP contribution in [-0.4, -0.2) is 22.9 Å². The summed E-state index contributed by atoms with van der Waals surface area (Å²) in [6.45, 7) is 0.417. The lowest BCUT2D eigenvalue weighted by Crippen LogP contribution is -2.24. The van der Waals surface area contributed by atoms with Crippen molar-refractivity contribution in [2.24, 2.45) is 0 Å². The van der Waals surface area contributed by atoms with E-state index < -0.39 is 0 Å². The summed E-state index contributed by atoms with van der Waals surface area (Å²) in [4.78, 5) is 12.1. The molecule has 0 aliphatic carbocycles. The molecule has 2 heterocycles. The Hall–Kier alpha value is -2.83. The van der Waals surface area contributed by atoms with E-state index in [1.165, 1.54) is 0 Å². The largest absolute Gasteiger partial charge is 0.454 e. The summed E-state index contributed by atoms with van der Waals surface area (Å²) in [5.41, 5.74) is 7.19. The maximum absolute atomic E-state index is 12.1. The predicted molar refractivity (Wildman–Crippen MR) is 70.2 cm³/mol. The third-order valence-corrected chi connectivity index (χ3v) is 2.85. The number of nitrogens with two attached hydrogens (primary N) is 1. The van der Waals surface area contributed by atoms with Gasteiger partial charge in [0.05, 0.1) is 17.8 Å². The molecular formula is C13H12N4O3. The van der Waals surface area contributed by atoms with Crippen LogP contribution < -0.4 is 20.5 Å². The van der Waals surface area contributed by atoms with Crippen molar-refractivity contribution < 1.29 is 14.3 Å². The lowest BCUT2D eigenvalue weighted by atomic mass is 10.1. The molecule has 102 valence electrons. The van der Waals surface area contributed by atoms with Gasteiger partial charge in [-0.2, -0.15) is 10.2 Å². The minimum Gasteiger partial charge on any atom is -0.454 e. The average molecular weight is 272 g/mol. The number of hydrogen-bond acceptors (Lipinski definition) is 6. The van der Waals surface area contributed by atoms with Gasteiger partial charge >= 0.3 is 0 Å². The van der Waals surface area contributed by atoms with E-state index >= 15 is 0 Å². The number of aromatic nitrogens is 2. The van der Waals surface area contributed by atoms with Crippen LogP contribution >= 0.6 is 0 Å². The van der Waals surface area contributed by atoms with Crippen LogP contribution in [0, 0.1) is 0 Å². The molecule has 0 atom stereocenters. The molecule has 0 fully saturated rings. The zero-order valence-electron chi connectivity index (χ0n) is 10.5. The predicted octanol–water partition coefficient (Wildman–Crippen LogP) is 0.717. The number of anilines is 1. The number of rotatable bonds is 3. The molecule has 0 radical (unpaired) electrons. The molecular weight excluding hydrogens is 260 g/mol. The van der Waals surface area contributed by atoms with Crippen molar-refractivity contribution in [1.82, 2.24) is 15.5 Å². The first-order chi connectivity index (χ1) is 9.74. The Labute approximate surface area is 114 Å². The number of hydrogen-bond donors (Lipinski definition) is 2. The number of benzene rings is 1. The highest BCUT2D eigenvalue weighted by Gasteiger charge is 2.19. The molecule has 1 aromatic carbocycles. The van der Waals surface area contributed by atoms with Gasteiger partial charge in [0.1, 0.15) is 0 Å². The fourth-order valence-corrected chi connectivity index (χ4v) is 1.85. The molecule has 0 spiro atoms. The van der Waals surface area contributed by atoms with Gasteiger partial charge in [0.2, 0.25) is 6.79 Å². The van der Waals surface area contributed by atoms with Crippen LogP contribution in [0.15, 0.2) is 30.5 Å². The number of amides is 1. The summed E-state index contributed by atoms with van der Waals surface area (Å²) < 4.78 is 10.4. The van der Waals surface area contributed by atoms with E-state index in [0.29, 0.717) is 28.4 Å². The van der Waals surface area contributed by atoms with E-state index in [9.17, 15) is 4.79 Å². The van der Waals surface area contributed by atoms with Crippen molar-refractivity contribution in [2.45, 2.75) is 6.54 Å². The second-order valence-electron chi connectivity index (χ2n) is 4.19. The number of ether oxygens (including phenoxy) is 2. The Morgan fingerprint density at radius 1 is 1.35 bits per heavy atom. The molecule has 1 amide bonds. The monoisotopic (exact) mass is 272 g/mol. The first kappa shape index (κ1) is 12.2. The topological polar surface area (TPSA) is 99.4 Å². The summed E-state index contributed by atoms with van der Waals surface area (Å²) in [5, 5.41) is 10.4. The summed E-state index contributed by atoms with van der Waals surface area (Å²) in [5.74, 6) is 0.767. The standard InChI is InChI=1S/C13H12N4O3/c14-10-5-12-11(19-7-20-12)4-9(10)13(18)15-6-8-2-1-3-16-17-8/h1-5H,6-7,14H2,(H,15,18). The molecule has 0 unspecified atom stereocenters. The highest BCUT2D eigenvalue weighted by atomic mass is 16.7. The Morgan fingerprint density at radius 3 is 2.90 bits per heavy atom. The number of nitrogens with one attached hydrogen (secondary N) is 1. The normalized spacial score (nSPS) is 12.2. The maximum Gasteiger partial charge on any atom is 0.253 e. The quantitative estimate of drug-likeness (QED) is 0.799. The second-order valence-corrected chi connectivity index (χ2v) is 4.19. The van der Waals surface area contributed by atoms with Crippen LogP contribution in [0.1, 0.15) is 16.1 Å². The van der Waals surface area contributed by atoms with Gasteiger partial charge < -0.3 is 20.5 Å². The summed E-state index contributed by atoms with van der Waals surface area (Å²) in [6, 6.07) is 6.68. The van der Waals surface area contributed by atoms with Crippen LogP contribution in [0.4, 0.5) is 5.69 Å². The number of fused-ring (bicyclic) bond motifs is 1. The fourth-order valence-electron chi connectivity index (χ4n) is 1.85. The third-order valence-electron chi connectivity index (χ3n) is 2.85. The second kappa shape index (κ2) is 5.04. The molecule has 1 aliphatic rings. The highest BCUT2D eigenvalue weighted by molar-refractivity contribution is 6.00. The highest BCUT2D eigenvalue weighted by Crippen LogP contribution is 2.35. The van der Waals surface area contributed by atoms with E-state index in [0.717, 1.165) is 0 Å². The smallest absolute Gasteiger partial charge is 0.253 e. The Morgan fingerprint density at radius 2 is 2.15 bits per heavy atom. The molecule has 2 aromatic rings. The average Bonchev–Trinajstić information content (AvgIpc) is 2.92. The number of carbonyl (C=O) groups excluding carboxylic acids is 1. The van der Waals surface area contributed by atoms with Gasteiger partial charge in [0.15, 0.2) is 11.5 Å². The molecule has 20 heavy (non-hydrogen) atoms. The van der Waals surface area contributed by atoms with Crippen LogP contribution in [0.25, 0.3) is 0 Å². The van der Waals surface area contributed by atoms with Crippen LogP contribution in [0.3, 0.4) is 0 Å². The van der Waals surface area contributed by atoms with Crippen molar-refractivity contribution in [3.05, 3.63) is 41.7 Å². The van der Waals surface area contributed by atoms with Crippen molar-refractivity contribution in [1.29, 1.82) is 0 Å². The van der Waals surface area contributed by atoms with Crippen molar-refractivity contribution in [3.63, 3.8) is 0 Å². The first-order valence-electron chi connectivity index (χ1n) is 5.98. The Bertz CT molecular complexity index is 646. The van der Waals surface area contributed by atoms with Crippen LogP contribution in [-0.2, 0) is 6.54 Å². The van der Waals surface area contributed by atoms with Gasteiger partial charge in [-0.15, -0.1) is 0 Å². The number of nitrogen functional groups attached to an aromatic ring is 1. The molecule has 0 saturated heterocycles. The number of carbonyl (C=O) groups is 1. The Kier molecular flexibility index (Phi) is 3.08. The molecule has 1 aromatic heterocycles. The van der Waals surface area contributed by atoms with Gasteiger partial charge in [-0.05, 0) is 18.2 Å². The Balaban J connectivity index is 1.74.